The monoisotopic (exact) mass is 407 g/mol. The van der Waals surface area contributed by atoms with Gasteiger partial charge in [0.15, 0.2) is 0 Å². The molecular weight excluding hydrogens is 374 g/mol. The van der Waals surface area contributed by atoms with Gasteiger partial charge in [-0.3, -0.25) is 0 Å². The summed E-state index contributed by atoms with van der Waals surface area (Å²) in [6, 6.07) is 16.9. The molecule has 30 heavy (non-hydrogen) atoms. The zero-order valence-electron chi connectivity index (χ0n) is 17.9. The Morgan fingerprint density at radius 1 is 1.03 bits per heavy atom. The largest absolute Gasteiger partial charge is 0.448 e. The van der Waals surface area contributed by atoms with Crippen LogP contribution in [0, 0.1) is 5.92 Å². The molecule has 0 bridgehead atoms. The molecule has 0 aromatic heterocycles. The fourth-order valence-corrected chi connectivity index (χ4v) is 5.47. The number of hydrogen-bond donors (Lipinski definition) is 1. The normalized spacial score (nSPS) is 17.3. The first-order chi connectivity index (χ1) is 14.7. The van der Waals surface area contributed by atoms with Crippen molar-refractivity contribution in [2.45, 2.75) is 57.4 Å². The number of nitrogens with zero attached hydrogens (tertiary/aromatic N) is 1. The van der Waals surface area contributed by atoms with Crippen LogP contribution in [-0.4, -0.2) is 41.9 Å². The van der Waals surface area contributed by atoms with Gasteiger partial charge in [0, 0.05) is 25.1 Å². The Morgan fingerprint density at radius 2 is 1.63 bits per heavy atom. The molecule has 160 valence electrons. The molecule has 4 rings (SSSR count). The van der Waals surface area contributed by atoms with Gasteiger partial charge in [-0.05, 0) is 54.4 Å². The van der Waals surface area contributed by atoms with Gasteiger partial charge >= 0.3 is 6.09 Å². The predicted molar refractivity (Wildman–Crippen MR) is 120 cm³/mol. The Labute approximate surface area is 179 Å². The van der Waals surface area contributed by atoms with Crippen LogP contribution in [0.1, 0.15) is 62.5 Å². The molecule has 1 saturated carbocycles. The van der Waals surface area contributed by atoms with E-state index in [0.29, 0.717) is 25.5 Å². The Balaban J connectivity index is 1.49. The second-order valence-electron chi connectivity index (χ2n) is 8.57. The first-order valence-corrected chi connectivity index (χ1v) is 11.5. The van der Waals surface area contributed by atoms with Gasteiger partial charge in [0.25, 0.3) is 0 Å². The van der Waals surface area contributed by atoms with E-state index >= 15 is 0 Å². The number of rotatable bonds is 7. The summed E-state index contributed by atoms with van der Waals surface area (Å²) in [7, 11) is 0. The SMILES string of the molecule is CCN(C(=O)OCC1c2ccccc2-c2ccccc21)[C@@H](CCO)C1CCCCC1. The quantitative estimate of drug-likeness (QED) is 0.651. The third-order valence-corrected chi connectivity index (χ3v) is 6.93. The van der Waals surface area contributed by atoms with Crippen LogP contribution in [0.15, 0.2) is 48.5 Å². The van der Waals surface area contributed by atoms with Crippen LogP contribution in [0.3, 0.4) is 0 Å². The average Bonchev–Trinajstić information content (AvgIpc) is 3.12. The lowest BCUT2D eigenvalue weighted by Crippen LogP contribution is -2.46. The van der Waals surface area contributed by atoms with Gasteiger partial charge in [-0.2, -0.15) is 0 Å². The van der Waals surface area contributed by atoms with Crippen LogP contribution in [-0.2, 0) is 4.74 Å². The zero-order valence-corrected chi connectivity index (χ0v) is 17.9. The van der Waals surface area contributed by atoms with Crippen molar-refractivity contribution in [1.29, 1.82) is 0 Å². The Morgan fingerprint density at radius 3 is 2.20 bits per heavy atom. The van der Waals surface area contributed by atoms with Crippen molar-refractivity contribution in [2.24, 2.45) is 5.92 Å². The van der Waals surface area contributed by atoms with Crippen molar-refractivity contribution in [3.63, 3.8) is 0 Å². The van der Waals surface area contributed by atoms with E-state index in [-0.39, 0.29) is 24.7 Å². The van der Waals surface area contributed by atoms with E-state index < -0.39 is 0 Å². The van der Waals surface area contributed by atoms with Gasteiger partial charge in [-0.1, -0.05) is 67.8 Å². The molecule has 0 spiro atoms. The zero-order chi connectivity index (χ0) is 20.9. The van der Waals surface area contributed by atoms with E-state index in [4.69, 9.17) is 4.74 Å². The van der Waals surface area contributed by atoms with E-state index in [9.17, 15) is 9.90 Å². The molecule has 0 heterocycles. The number of carbonyl (C=O) groups excluding carboxylic acids is 1. The first kappa shape index (κ1) is 20.9. The number of aliphatic hydroxyl groups excluding tert-OH is 1. The number of carbonyl (C=O) groups is 1. The lowest BCUT2D eigenvalue weighted by Gasteiger charge is -2.37. The fourth-order valence-electron chi connectivity index (χ4n) is 5.47. The van der Waals surface area contributed by atoms with Gasteiger partial charge in [0.1, 0.15) is 6.61 Å². The van der Waals surface area contributed by atoms with E-state index in [0.717, 1.165) is 12.8 Å². The molecule has 2 aliphatic rings. The fraction of sp³-hybridized carbons (Fsp3) is 0.500. The highest BCUT2D eigenvalue weighted by Gasteiger charge is 2.33. The summed E-state index contributed by atoms with van der Waals surface area (Å²) >= 11 is 0. The smallest absolute Gasteiger partial charge is 0.410 e. The highest BCUT2D eigenvalue weighted by molar-refractivity contribution is 5.79. The van der Waals surface area contributed by atoms with E-state index in [1.165, 1.54) is 41.5 Å². The van der Waals surface area contributed by atoms with E-state index in [1.54, 1.807) is 0 Å². The number of aliphatic hydroxyl groups is 1. The van der Waals surface area contributed by atoms with Crippen LogP contribution >= 0.6 is 0 Å². The lowest BCUT2D eigenvalue weighted by molar-refractivity contribution is 0.0566. The van der Waals surface area contributed by atoms with Crippen LogP contribution in [0.2, 0.25) is 0 Å². The summed E-state index contributed by atoms with van der Waals surface area (Å²) in [6.45, 7) is 3.07. The minimum absolute atomic E-state index is 0.0657. The second-order valence-corrected chi connectivity index (χ2v) is 8.57. The Bertz CT molecular complexity index is 813. The van der Waals surface area contributed by atoms with Crippen molar-refractivity contribution in [1.82, 2.24) is 4.90 Å². The highest BCUT2D eigenvalue weighted by Crippen LogP contribution is 2.44. The molecule has 2 aromatic carbocycles. The molecule has 1 amide bonds. The third-order valence-electron chi connectivity index (χ3n) is 6.93. The minimum Gasteiger partial charge on any atom is -0.448 e. The molecule has 0 aliphatic heterocycles. The van der Waals surface area contributed by atoms with Gasteiger partial charge in [0.2, 0.25) is 0 Å². The number of benzene rings is 2. The summed E-state index contributed by atoms with van der Waals surface area (Å²) in [6.07, 6.45) is 6.37. The van der Waals surface area contributed by atoms with Gasteiger partial charge in [0.05, 0.1) is 0 Å². The van der Waals surface area contributed by atoms with Gasteiger partial charge in [-0.15, -0.1) is 0 Å². The van der Waals surface area contributed by atoms with Crippen molar-refractivity contribution in [3.8, 4) is 11.1 Å². The molecule has 1 N–H and O–H groups in total. The summed E-state index contributed by atoms with van der Waals surface area (Å²) in [5.74, 6) is 0.539. The number of hydrogen-bond acceptors (Lipinski definition) is 3. The van der Waals surface area contributed by atoms with Crippen molar-refractivity contribution in [2.75, 3.05) is 19.8 Å². The molecule has 1 fully saturated rings. The lowest BCUT2D eigenvalue weighted by atomic mass is 9.82. The van der Waals surface area contributed by atoms with Crippen LogP contribution < -0.4 is 0 Å². The maximum atomic E-state index is 13.1. The van der Waals surface area contributed by atoms with Crippen LogP contribution in [0.25, 0.3) is 11.1 Å². The third kappa shape index (κ3) is 4.11. The minimum atomic E-state index is -0.247. The van der Waals surface area contributed by atoms with Gasteiger partial charge < -0.3 is 14.7 Å². The molecular formula is C26H33NO3. The highest BCUT2D eigenvalue weighted by atomic mass is 16.6. The molecule has 0 unspecified atom stereocenters. The van der Waals surface area contributed by atoms with E-state index in [2.05, 4.69) is 48.5 Å². The second kappa shape index (κ2) is 9.65. The molecule has 0 radical (unpaired) electrons. The summed E-state index contributed by atoms with van der Waals surface area (Å²) in [4.78, 5) is 15.0. The molecule has 0 saturated heterocycles. The van der Waals surface area contributed by atoms with Crippen molar-refractivity contribution >= 4 is 6.09 Å². The van der Waals surface area contributed by atoms with Crippen molar-refractivity contribution in [3.05, 3.63) is 59.7 Å². The molecule has 2 aliphatic carbocycles. The van der Waals surface area contributed by atoms with Gasteiger partial charge in [-0.25, -0.2) is 4.79 Å². The summed E-state index contributed by atoms with van der Waals surface area (Å²) in [5, 5.41) is 9.64. The Hall–Kier alpha value is -2.33. The molecule has 4 heteroatoms. The maximum absolute atomic E-state index is 13.1. The predicted octanol–water partition coefficient (Wildman–Crippen LogP) is 5.59. The summed E-state index contributed by atoms with van der Waals surface area (Å²) < 4.78 is 5.92. The topological polar surface area (TPSA) is 49.8 Å². The number of amides is 1. The first-order valence-electron chi connectivity index (χ1n) is 11.5. The number of ether oxygens (including phenoxy) is 1. The van der Waals surface area contributed by atoms with Crippen LogP contribution in [0.4, 0.5) is 4.79 Å². The summed E-state index contributed by atoms with van der Waals surface area (Å²) in [5.41, 5.74) is 4.94. The number of fused-ring (bicyclic) bond motifs is 3. The average molecular weight is 408 g/mol. The molecule has 2 aromatic rings. The maximum Gasteiger partial charge on any atom is 0.410 e. The molecule has 1 atom stereocenters. The standard InChI is InChI=1S/C26H33NO3/c1-2-27(25(16-17-28)19-10-4-3-5-11-19)26(29)30-18-24-22-14-8-6-12-20(22)21-13-7-9-15-23(21)24/h6-9,12-15,19,24-25,28H,2-5,10-11,16-18H2,1H3/t25-/m0/s1. The van der Waals surface area contributed by atoms with Crippen LogP contribution in [0.5, 0.6) is 0 Å². The van der Waals surface area contributed by atoms with Crippen molar-refractivity contribution < 1.29 is 14.6 Å². The molecule has 4 nitrogen and oxygen atoms in total. The van der Waals surface area contributed by atoms with E-state index in [1.807, 2.05) is 11.8 Å². The Kier molecular flexibility index (Phi) is 6.73.